The number of ether oxygens (including phenoxy) is 1. The molecule has 1 fully saturated rings. The molecule has 1 N–H and O–H groups in total. The molecule has 0 saturated heterocycles. The second-order valence-corrected chi connectivity index (χ2v) is 8.51. The number of anilines is 1. The number of benzene rings is 1. The maximum Gasteiger partial charge on any atom is 0.471 e. The average molecular weight is 428 g/mol. The number of fused-ring (bicyclic) bond motifs is 3. The molecule has 3 atom stereocenters. The van der Waals surface area contributed by atoms with Gasteiger partial charge in [-0.2, -0.15) is 13.2 Å². The number of esters is 1. The van der Waals surface area contributed by atoms with E-state index >= 15 is 0 Å². The van der Waals surface area contributed by atoms with Crippen LogP contribution in [-0.4, -0.2) is 30.1 Å². The number of aryl methyl sites for hydroxylation is 1. The molecule has 2 aliphatic rings. The SMILES string of the molecule is COC(=O)[C@]1(C)CCC[C@@]2(C)c3cc(NC(=O)C(F)(F)F)c([N+](=O)[O-])cc3CC[C@@H]12. The van der Waals surface area contributed by atoms with Crippen molar-refractivity contribution in [3.63, 3.8) is 0 Å². The molecule has 0 unspecified atom stereocenters. The average Bonchev–Trinajstić information content (AvgIpc) is 2.66. The first-order chi connectivity index (χ1) is 13.8. The van der Waals surface area contributed by atoms with Crippen LogP contribution in [0.25, 0.3) is 0 Å². The third-order valence-corrected chi connectivity index (χ3v) is 6.82. The molecule has 3 rings (SSSR count). The molecule has 0 spiro atoms. The molecular formula is C20H23F3N2O5. The van der Waals surface area contributed by atoms with Crippen molar-refractivity contribution in [3.05, 3.63) is 33.4 Å². The lowest BCUT2D eigenvalue weighted by atomic mass is 9.50. The fourth-order valence-corrected chi connectivity index (χ4v) is 5.43. The van der Waals surface area contributed by atoms with Crippen molar-refractivity contribution >= 4 is 23.3 Å². The van der Waals surface area contributed by atoms with Gasteiger partial charge in [0.2, 0.25) is 0 Å². The Morgan fingerprint density at radius 2 is 1.93 bits per heavy atom. The minimum atomic E-state index is -5.18. The minimum absolute atomic E-state index is 0.147. The van der Waals surface area contributed by atoms with Crippen molar-refractivity contribution in [2.45, 2.75) is 57.5 Å². The summed E-state index contributed by atoms with van der Waals surface area (Å²) in [5.74, 6) is -2.76. The number of carbonyl (C=O) groups excluding carboxylic acids is 2. The number of amides is 1. The normalized spacial score (nSPS) is 28.1. The first kappa shape index (κ1) is 22.0. The lowest BCUT2D eigenvalue weighted by molar-refractivity contribution is -0.384. The number of carbonyl (C=O) groups is 2. The molecule has 0 aromatic heterocycles. The van der Waals surface area contributed by atoms with Crippen molar-refractivity contribution in [2.75, 3.05) is 12.4 Å². The number of halogens is 3. The fourth-order valence-electron chi connectivity index (χ4n) is 5.43. The summed E-state index contributed by atoms with van der Waals surface area (Å²) in [4.78, 5) is 34.7. The van der Waals surface area contributed by atoms with Crippen molar-refractivity contribution in [2.24, 2.45) is 11.3 Å². The lowest BCUT2D eigenvalue weighted by Gasteiger charge is -2.54. The number of hydrogen-bond donors (Lipinski definition) is 1. The maximum atomic E-state index is 12.7. The quantitative estimate of drug-likeness (QED) is 0.440. The first-order valence-corrected chi connectivity index (χ1v) is 9.63. The van der Waals surface area contributed by atoms with Crippen molar-refractivity contribution in [1.82, 2.24) is 0 Å². The van der Waals surface area contributed by atoms with Gasteiger partial charge in [0.15, 0.2) is 0 Å². The second kappa shape index (κ2) is 7.24. The zero-order chi connectivity index (χ0) is 22.5. The number of hydrogen-bond acceptors (Lipinski definition) is 5. The van der Waals surface area contributed by atoms with Crippen LogP contribution in [0.3, 0.4) is 0 Å². The van der Waals surface area contributed by atoms with Gasteiger partial charge < -0.3 is 10.1 Å². The zero-order valence-electron chi connectivity index (χ0n) is 16.9. The van der Waals surface area contributed by atoms with Crippen LogP contribution in [0.1, 0.15) is 50.7 Å². The highest BCUT2D eigenvalue weighted by Crippen LogP contribution is 2.58. The van der Waals surface area contributed by atoms with E-state index in [0.717, 1.165) is 0 Å². The van der Waals surface area contributed by atoms with Crippen molar-refractivity contribution in [3.8, 4) is 0 Å². The molecule has 7 nitrogen and oxygen atoms in total. The Balaban J connectivity index is 2.13. The summed E-state index contributed by atoms with van der Waals surface area (Å²) in [6, 6.07) is 2.53. The van der Waals surface area contributed by atoms with Crippen LogP contribution in [0.4, 0.5) is 24.5 Å². The van der Waals surface area contributed by atoms with Crippen LogP contribution >= 0.6 is 0 Å². The second-order valence-electron chi connectivity index (χ2n) is 8.51. The molecule has 1 aromatic carbocycles. The Bertz CT molecular complexity index is 916. The predicted octanol–water partition coefficient (Wildman–Crippen LogP) is 4.28. The lowest BCUT2D eigenvalue weighted by Crippen LogP contribution is -2.52. The maximum absolute atomic E-state index is 12.7. The molecule has 0 aliphatic heterocycles. The third kappa shape index (κ3) is 3.41. The number of nitrogens with zero attached hydrogens (tertiary/aromatic N) is 1. The van der Waals surface area contributed by atoms with Gasteiger partial charge in [-0.25, -0.2) is 0 Å². The molecule has 2 aliphatic carbocycles. The minimum Gasteiger partial charge on any atom is -0.469 e. The van der Waals surface area contributed by atoms with Crippen LogP contribution in [-0.2, 0) is 26.2 Å². The summed E-state index contributed by atoms with van der Waals surface area (Å²) in [5, 5.41) is 13.1. The van der Waals surface area contributed by atoms with Crippen LogP contribution in [0.5, 0.6) is 0 Å². The van der Waals surface area contributed by atoms with E-state index < -0.39 is 39.2 Å². The predicted molar refractivity (Wildman–Crippen MR) is 101 cm³/mol. The Hall–Kier alpha value is -2.65. The molecule has 164 valence electrons. The van der Waals surface area contributed by atoms with Gasteiger partial charge in [0, 0.05) is 6.07 Å². The van der Waals surface area contributed by atoms with Crippen LogP contribution in [0.15, 0.2) is 12.1 Å². The Labute approximate surface area is 171 Å². The molecule has 1 amide bonds. The topological polar surface area (TPSA) is 98.5 Å². The van der Waals surface area contributed by atoms with Gasteiger partial charge in [-0.1, -0.05) is 13.3 Å². The van der Waals surface area contributed by atoms with Crippen LogP contribution < -0.4 is 5.32 Å². The highest BCUT2D eigenvalue weighted by atomic mass is 19.4. The Kier molecular flexibility index (Phi) is 5.32. The molecule has 0 bridgehead atoms. The van der Waals surface area contributed by atoms with Gasteiger partial charge in [-0.15, -0.1) is 0 Å². The molecule has 10 heteroatoms. The van der Waals surface area contributed by atoms with Crippen molar-refractivity contribution < 1.29 is 32.4 Å². The summed E-state index contributed by atoms with van der Waals surface area (Å²) < 4.78 is 43.3. The molecule has 30 heavy (non-hydrogen) atoms. The van der Waals surface area contributed by atoms with Gasteiger partial charge in [0.1, 0.15) is 5.69 Å². The molecular weight excluding hydrogens is 405 g/mol. The van der Waals surface area contributed by atoms with E-state index in [9.17, 15) is 32.9 Å². The molecule has 1 saturated carbocycles. The van der Waals surface area contributed by atoms with Gasteiger partial charge >= 0.3 is 18.1 Å². The van der Waals surface area contributed by atoms with Crippen LogP contribution in [0.2, 0.25) is 0 Å². The molecule has 0 heterocycles. The number of nitrogens with one attached hydrogen (secondary N) is 1. The van der Waals surface area contributed by atoms with E-state index in [1.165, 1.54) is 19.2 Å². The molecule has 1 aromatic rings. The van der Waals surface area contributed by atoms with E-state index in [0.29, 0.717) is 43.2 Å². The summed E-state index contributed by atoms with van der Waals surface area (Å²) in [6.45, 7) is 3.76. The first-order valence-electron chi connectivity index (χ1n) is 9.63. The van der Waals surface area contributed by atoms with E-state index in [1.54, 1.807) is 5.32 Å². The summed E-state index contributed by atoms with van der Waals surface area (Å²) >= 11 is 0. The highest BCUT2D eigenvalue weighted by Gasteiger charge is 2.56. The molecule has 0 radical (unpaired) electrons. The van der Waals surface area contributed by atoms with Gasteiger partial charge in [0.05, 0.1) is 17.4 Å². The number of methoxy groups -OCH3 is 1. The Morgan fingerprint density at radius 1 is 1.27 bits per heavy atom. The van der Waals surface area contributed by atoms with Gasteiger partial charge in [-0.3, -0.25) is 19.7 Å². The summed E-state index contributed by atoms with van der Waals surface area (Å²) in [6.07, 6.45) is -2.15. The van der Waals surface area contributed by atoms with Crippen LogP contribution in [0, 0.1) is 21.4 Å². The largest absolute Gasteiger partial charge is 0.471 e. The third-order valence-electron chi connectivity index (χ3n) is 6.82. The monoisotopic (exact) mass is 428 g/mol. The smallest absolute Gasteiger partial charge is 0.469 e. The number of rotatable bonds is 3. The number of nitro groups is 1. The zero-order valence-corrected chi connectivity index (χ0v) is 16.9. The fraction of sp³-hybridized carbons (Fsp3) is 0.600. The highest BCUT2D eigenvalue weighted by molar-refractivity contribution is 5.97. The van der Waals surface area contributed by atoms with Crippen molar-refractivity contribution in [1.29, 1.82) is 0 Å². The number of alkyl halides is 3. The van der Waals surface area contributed by atoms with Gasteiger partial charge in [0.25, 0.3) is 5.69 Å². The van der Waals surface area contributed by atoms with E-state index in [2.05, 4.69) is 0 Å². The van der Waals surface area contributed by atoms with E-state index in [1.807, 2.05) is 13.8 Å². The van der Waals surface area contributed by atoms with E-state index in [4.69, 9.17) is 4.74 Å². The Morgan fingerprint density at radius 3 is 2.50 bits per heavy atom. The van der Waals surface area contributed by atoms with Gasteiger partial charge in [-0.05, 0) is 61.1 Å². The standard InChI is InChI=1S/C20H23F3N2O5/c1-18-7-4-8-19(2,17(27)30-3)15(18)6-5-11-9-14(25(28)29)13(10-12(11)18)24-16(26)20(21,22)23/h9-10,15H,4-8H2,1-3H3,(H,24,26)/t15-,18+,19-/m1/s1. The van der Waals surface area contributed by atoms with E-state index in [-0.39, 0.29) is 11.9 Å². The summed E-state index contributed by atoms with van der Waals surface area (Å²) in [7, 11) is 1.32. The summed E-state index contributed by atoms with van der Waals surface area (Å²) in [5.41, 5.74) is -1.15. The number of nitro benzene ring substituents is 1.